The lowest BCUT2D eigenvalue weighted by Gasteiger charge is -2.16. The lowest BCUT2D eigenvalue weighted by molar-refractivity contribution is -0.138. The number of rotatable bonds is 3. The minimum absolute atomic E-state index is 0.00815. The van der Waals surface area contributed by atoms with Crippen molar-refractivity contribution in [3.05, 3.63) is 0 Å². The summed E-state index contributed by atoms with van der Waals surface area (Å²) in [7, 11) is 0. The minimum atomic E-state index is -0.133. The van der Waals surface area contributed by atoms with E-state index in [1.54, 1.807) is 0 Å². The van der Waals surface area contributed by atoms with Gasteiger partial charge in [-0.15, -0.1) is 0 Å². The van der Waals surface area contributed by atoms with Crippen LogP contribution in [0.1, 0.15) is 20.3 Å². The van der Waals surface area contributed by atoms with E-state index in [1.807, 2.05) is 20.1 Å². The second-order valence-electron chi connectivity index (χ2n) is 3.66. The number of hydrogen-bond donors (Lipinski definition) is 0. The van der Waals surface area contributed by atoms with Crippen LogP contribution in [0.15, 0.2) is 0 Å². The van der Waals surface area contributed by atoms with E-state index in [-0.39, 0.29) is 17.1 Å². The maximum Gasteiger partial charge on any atom is 0.242 e. The summed E-state index contributed by atoms with van der Waals surface area (Å²) < 4.78 is 0. The highest BCUT2D eigenvalue weighted by molar-refractivity contribution is 8.00. The van der Waals surface area contributed by atoms with Gasteiger partial charge in [0.2, 0.25) is 11.8 Å². The van der Waals surface area contributed by atoms with Crippen LogP contribution in [0.4, 0.5) is 0 Å². The second kappa shape index (κ2) is 4.13. The summed E-state index contributed by atoms with van der Waals surface area (Å²) in [6, 6.07) is 0. The van der Waals surface area contributed by atoms with Crippen molar-refractivity contribution < 1.29 is 9.59 Å². The molecule has 1 heterocycles. The van der Waals surface area contributed by atoms with Gasteiger partial charge in [-0.3, -0.25) is 14.5 Å². The number of imide groups is 1. The molecule has 0 aromatic heterocycles. The molecule has 0 saturated carbocycles. The van der Waals surface area contributed by atoms with Crippen LogP contribution in [0.3, 0.4) is 0 Å². The lowest BCUT2D eigenvalue weighted by Crippen LogP contribution is -2.34. The number of amides is 2. The second-order valence-corrected chi connectivity index (χ2v) is 4.71. The molecular weight excluding hydrogens is 186 g/mol. The van der Waals surface area contributed by atoms with E-state index in [9.17, 15) is 9.59 Å². The van der Waals surface area contributed by atoms with E-state index in [2.05, 4.69) is 0 Å². The van der Waals surface area contributed by atoms with Crippen LogP contribution in [-0.4, -0.2) is 34.8 Å². The molecule has 1 saturated heterocycles. The zero-order chi connectivity index (χ0) is 10.0. The summed E-state index contributed by atoms with van der Waals surface area (Å²) in [5.74, 6) is 0.331. The first-order valence-electron chi connectivity index (χ1n) is 4.43. The summed E-state index contributed by atoms with van der Waals surface area (Å²) in [5.41, 5.74) is 0. The average Bonchev–Trinajstić information content (AvgIpc) is 2.31. The molecule has 0 N–H and O–H groups in total. The fraction of sp³-hybridized carbons (Fsp3) is 0.778. The predicted molar refractivity (Wildman–Crippen MR) is 53.5 cm³/mol. The highest BCUT2D eigenvalue weighted by Gasteiger charge is 2.37. The van der Waals surface area contributed by atoms with Gasteiger partial charge in [-0.05, 0) is 12.2 Å². The zero-order valence-corrected chi connectivity index (χ0v) is 9.06. The van der Waals surface area contributed by atoms with E-state index in [0.717, 1.165) is 0 Å². The van der Waals surface area contributed by atoms with Crippen molar-refractivity contribution in [1.29, 1.82) is 0 Å². The van der Waals surface area contributed by atoms with Gasteiger partial charge < -0.3 is 0 Å². The number of hydrogen-bond acceptors (Lipinski definition) is 3. The highest BCUT2D eigenvalue weighted by atomic mass is 32.2. The van der Waals surface area contributed by atoms with Gasteiger partial charge in [0.1, 0.15) is 0 Å². The van der Waals surface area contributed by atoms with Crippen LogP contribution >= 0.6 is 11.8 Å². The normalized spacial score (nSPS) is 23.4. The molecule has 0 spiro atoms. The largest absolute Gasteiger partial charge is 0.281 e. The zero-order valence-electron chi connectivity index (χ0n) is 8.24. The summed E-state index contributed by atoms with van der Waals surface area (Å²) in [6.07, 6.45) is 2.25. The Hall–Kier alpha value is -0.510. The monoisotopic (exact) mass is 201 g/mol. The van der Waals surface area contributed by atoms with Gasteiger partial charge in [0.05, 0.1) is 5.25 Å². The average molecular weight is 201 g/mol. The minimum Gasteiger partial charge on any atom is -0.281 e. The van der Waals surface area contributed by atoms with Crippen molar-refractivity contribution in [2.45, 2.75) is 25.5 Å². The first-order valence-corrected chi connectivity index (χ1v) is 5.72. The smallest absolute Gasteiger partial charge is 0.242 e. The van der Waals surface area contributed by atoms with E-state index >= 15 is 0 Å². The molecule has 0 radical (unpaired) electrons. The summed E-state index contributed by atoms with van der Waals surface area (Å²) in [5, 5.41) is -0.133. The molecule has 1 aliphatic rings. The van der Waals surface area contributed by atoms with Crippen LogP contribution in [-0.2, 0) is 9.59 Å². The van der Waals surface area contributed by atoms with Gasteiger partial charge in [0.15, 0.2) is 0 Å². The third kappa shape index (κ3) is 2.24. The van der Waals surface area contributed by atoms with Crippen LogP contribution in [0, 0.1) is 5.92 Å². The van der Waals surface area contributed by atoms with Crippen molar-refractivity contribution >= 4 is 23.6 Å². The van der Waals surface area contributed by atoms with E-state index in [1.165, 1.54) is 16.7 Å². The molecule has 3 nitrogen and oxygen atoms in total. The Morgan fingerprint density at radius 1 is 1.54 bits per heavy atom. The van der Waals surface area contributed by atoms with E-state index in [0.29, 0.717) is 18.9 Å². The lowest BCUT2D eigenvalue weighted by atomic mass is 10.2. The fourth-order valence-corrected chi connectivity index (χ4v) is 2.03. The van der Waals surface area contributed by atoms with Gasteiger partial charge in [0.25, 0.3) is 0 Å². The molecule has 1 aliphatic heterocycles. The Labute approximate surface area is 82.9 Å². The number of carbonyl (C=O) groups is 2. The molecule has 0 bridgehead atoms. The number of nitrogens with zero attached hydrogens (tertiary/aromatic N) is 1. The number of thioether (sulfide) groups is 1. The third-order valence-electron chi connectivity index (χ3n) is 2.03. The van der Waals surface area contributed by atoms with E-state index in [4.69, 9.17) is 0 Å². The molecule has 1 atom stereocenters. The standard InChI is InChI=1S/C9H15NO2S/c1-6(2)5-10-8(11)4-7(13-3)9(10)12/h6-7H,4-5H2,1-3H3. The molecule has 0 aliphatic carbocycles. The van der Waals surface area contributed by atoms with Gasteiger partial charge in [-0.25, -0.2) is 0 Å². The first kappa shape index (κ1) is 10.6. The van der Waals surface area contributed by atoms with Crippen molar-refractivity contribution in [2.75, 3.05) is 12.8 Å². The maximum absolute atomic E-state index is 11.6. The van der Waals surface area contributed by atoms with Crippen LogP contribution in [0.2, 0.25) is 0 Å². The fourth-order valence-electron chi connectivity index (χ4n) is 1.39. The van der Waals surface area contributed by atoms with Gasteiger partial charge >= 0.3 is 0 Å². The Balaban J connectivity index is 2.65. The Morgan fingerprint density at radius 3 is 2.54 bits per heavy atom. The maximum atomic E-state index is 11.6. The van der Waals surface area contributed by atoms with Crippen LogP contribution in [0.25, 0.3) is 0 Å². The molecule has 1 unspecified atom stereocenters. The van der Waals surface area contributed by atoms with Crippen molar-refractivity contribution in [2.24, 2.45) is 5.92 Å². The Bertz CT molecular complexity index is 228. The topological polar surface area (TPSA) is 37.4 Å². The molecular formula is C9H15NO2S. The summed E-state index contributed by atoms with van der Waals surface area (Å²) in [4.78, 5) is 24.3. The molecule has 2 amide bonds. The summed E-state index contributed by atoms with van der Waals surface area (Å²) >= 11 is 1.46. The number of likely N-dealkylation sites (tertiary alicyclic amines) is 1. The summed E-state index contributed by atoms with van der Waals surface area (Å²) in [6.45, 7) is 4.58. The molecule has 0 aromatic carbocycles. The molecule has 13 heavy (non-hydrogen) atoms. The molecule has 1 fully saturated rings. The van der Waals surface area contributed by atoms with Crippen molar-refractivity contribution in [3.63, 3.8) is 0 Å². The SMILES string of the molecule is CSC1CC(=O)N(CC(C)C)C1=O. The van der Waals surface area contributed by atoms with E-state index < -0.39 is 0 Å². The molecule has 74 valence electrons. The van der Waals surface area contributed by atoms with Crippen molar-refractivity contribution in [3.8, 4) is 0 Å². The van der Waals surface area contributed by atoms with Gasteiger partial charge in [-0.1, -0.05) is 13.8 Å². The third-order valence-corrected chi connectivity index (χ3v) is 2.97. The Morgan fingerprint density at radius 2 is 2.15 bits per heavy atom. The first-order chi connectivity index (χ1) is 6.06. The molecule has 0 aromatic rings. The van der Waals surface area contributed by atoms with Crippen LogP contribution in [0.5, 0.6) is 0 Å². The van der Waals surface area contributed by atoms with Gasteiger partial charge in [0, 0.05) is 13.0 Å². The Kier molecular flexibility index (Phi) is 3.36. The molecule has 4 heteroatoms. The number of carbonyl (C=O) groups excluding carboxylic acids is 2. The van der Waals surface area contributed by atoms with Gasteiger partial charge in [-0.2, -0.15) is 11.8 Å². The quantitative estimate of drug-likeness (QED) is 0.642. The predicted octanol–water partition coefficient (Wildman–Crippen LogP) is 1.13. The van der Waals surface area contributed by atoms with Crippen molar-refractivity contribution in [1.82, 2.24) is 4.90 Å². The highest BCUT2D eigenvalue weighted by Crippen LogP contribution is 2.23. The van der Waals surface area contributed by atoms with Crippen LogP contribution < -0.4 is 0 Å². The molecule has 1 rings (SSSR count).